The molecule has 0 spiro atoms. The Morgan fingerprint density at radius 2 is 1.96 bits per heavy atom. The highest BCUT2D eigenvalue weighted by molar-refractivity contribution is 5.94. The van der Waals surface area contributed by atoms with E-state index in [1.165, 1.54) is 0 Å². The molecule has 1 aliphatic heterocycles. The van der Waals surface area contributed by atoms with Crippen molar-refractivity contribution in [2.24, 2.45) is 5.92 Å². The highest BCUT2D eigenvalue weighted by atomic mass is 16.2. The van der Waals surface area contributed by atoms with Crippen LogP contribution in [0.3, 0.4) is 0 Å². The van der Waals surface area contributed by atoms with Gasteiger partial charge in [-0.2, -0.15) is 5.10 Å². The van der Waals surface area contributed by atoms with E-state index in [4.69, 9.17) is 0 Å². The van der Waals surface area contributed by atoms with Crippen LogP contribution in [0, 0.1) is 12.8 Å². The van der Waals surface area contributed by atoms with Crippen molar-refractivity contribution in [1.29, 1.82) is 0 Å². The van der Waals surface area contributed by atoms with Crippen LogP contribution in [0.4, 0.5) is 0 Å². The lowest BCUT2D eigenvalue weighted by Gasteiger charge is -2.30. The molecule has 1 aliphatic carbocycles. The third-order valence-corrected chi connectivity index (χ3v) is 5.30. The first-order valence-electron chi connectivity index (χ1n) is 9.64. The fourth-order valence-corrected chi connectivity index (χ4v) is 3.63. The van der Waals surface area contributed by atoms with Gasteiger partial charge in [-0.25, -0.2) is 4.98 Å². The van der Waals surface area contributed by atoms with Gasteiger partial charge in [-0.1, -0.05) is 18.2 Å². The third-order valence-electron chi connectivity index (χ3n) is 5.30. The molecule has 1 saturated carbocycles. The smallest absolute Gasteiger partial charge is 0.254 e. The van der Waals surface area contributed by atoms with Crippen molar-refractivity contribution >= 4 is 11.8 Å². The highest BCUT2D eigenvalue weighted by Gasteiger charge is 2.35. The Morgan fingerprint density at radius 3 is 2.63 bits per heavy atom. The summed E-state index contributed by atoms with van der Waals surface area (Å²) in [4.78, 5) is 34.1. The SMILES string of the molecule is Cc1nc(C2CN(C(=O)CC3CC3)CCCN2C(=O)c2ccccc2)n[nH]1. The number of amides is 2. The third kappa shape index (κ3) is 4.02. The summed E-state index contributed by atoms with van der Waals surface area (Å²) in [7, 11) is 0. The first-order valence-corrected chi connectivity index (χ1v) is 9.64. The van der Waals surface area contributed by atoms with Gasteiger partial charge >= 0.3 is 0 Å². The number of aromatic amines is 1. The number of benzene rings is 1. The maximum absolute atomic E-state index is 13.2. The van der Waals surface area contributed by atoms with E-state index in [1.54, 1.807) is 0 Å². The summed E-state index contributed by atoms with van der Waals surface area (Å²) in [6.07, 6.45) is 3.69. The molecule has 2 aliphatic rings. The molecule has 1 unspecified atom stereocenters. The van der Waals surface area contributed by atoms with Crippen molar-refractivity contribution in [2.45, 2.75) is 38.6 Å². The fourth-order valence-electron chi connectivity index (χ4n) is 3.63. The number of carbonyl (C=O) groups excluding carboxylic acids is 2. The van der Waals surface area contributed by atoms with Gasteiger partial charge in [0.1, 0.15) is 11.9 Å². The Kier molecular flexibility index (Phi) is 4.92. The lowest BCUT2D eigenvalue weighted by atomic mass is 10.1. The predicted octanol–water partition coefficient (Wildman–Crippen LogP) is 2.33. The van der Waals surface area contributed by atoms with Crippen molar-refractivity contribution in [3.8, 4) is 0 Å². The minimum atomic E-state index is -0.340. The van der Waals surface area contributed by atoms with Crippen molar-refractivity contribution in [2.75, 3.05) is 19.6 Å². The number of nitrogens with zero attached hydrogens (tertiary/aromatic N) is 4. The summed E-state index contributed by atoms with van der Waals surface area (Å²) >= 11 is 0. The Balaban J connectivity index is 1.60. The molecule has 1 N–H and O–H groups in total. The van der Waals surface area contributed by atoms with E-state index in [1.807, 2.05) is 47.1 Å². The second-order valence-electron chi connectivity index (χ2n) is 7.50. The van der Waals surface area contributed by atoms with Gasteiger partial charge in [-0.15, -0.1) is 0 Å². The quantitative estimate of drug-likeness (QED) is 0.899. The van der Waals surface area contributed by atoms with E-state index in [2.05, 4.69) is 15.2 Å². The maximum atomic E-state index is 13.2. The number of rotatable bonds is 4. The normalized spacial score (nSPS) is 20.4. The molecule has 27 heavy (non-hydrogen) atoms. The number of aromatic nitrogens is 3. The average Bonchev–Trinajstić information content (AvgIpc) is 3.44. The molecule has 4 rings (SSSR count). The summed E-state index contributed by atoms with van der Waals surface area (Å²) in [6.45, 7) is 3.54. The van der Waals surface area contributed by atoms with Crippen LogP contribution in [-0.4, -0.2) is 56.4 Å². The number of hydrogen-bond donors (Lipinski definition) is 1. The molecule has 1 aromatic carbocycles. The molecular formula is C20H25N5O2. The summed E-state index contributed by atoms with van der Waals surface area (Å²) in [5.41, 5.74) is 0.646. The molecule has 1 aromatic heterocycles. The molecule has 1 atom stereocenters. The molecule has 0 radical (unpaired) electrons. The van der Waals surface area contributed by atoms with Crippen LogP contribution in [0.2, 0.25) is 0 Å². The zero-order chi connectivity index (χ0) is 18.8. The van der Waals surface area contributed by atoms with E-state index in [-0.39, 0.29) is 17.9 Å². The van der Waals surface area contributed by atoms with Crippen LogP contribution in [0.25, 0.3) is 0 Å². The molecule has 7 nitrogen and oxygen atoms in total. The molecule has 7 heteroatoms. The van der Waals surface area contributed by atoms with Crippen molar-refractivity contribution in [3.05, 3.63) is 47.5 Å². The van der Waals surface area contributed by atoms with Gasteiger partial charge in [0.15, 0.2) is 5.82 Å². The van der Waals surface area contributed by atoms with Gasteiger partial charge in [0.25, 0.3) is 5.91 Å². The monoisotopic (exact) mass is 367 g/mol. The van der Waals surface area contributed by atoms with E-state index in [0.717, 1.165) is 19.3 Å². The van der Waals surface area contributed by atoms with Crippen molar-refractivity contribution in [1.82, 2.24) is 25.0 Å². The number of aryl methyl sites for hydroxylation is 1. The highest BCUT2D eigenvalue weighted by Crippen LogP contribution is 2.33. The van der Waals surface area contributed by atoms with Gasteiger partial charge in [0.05, 0.1) is 0 Å². The molecule has 2 aromatic rings. The zero-order valence-corrected chi connectivity index (χ0v) is 15.6. The molecule has 2 heterocycles. The van der Waals surface area contributed by atoms with E-state index >= 15 is 0 Å². The first kappa shape index (κ1) is 17.7. The molecule has 0 bridgehead atoms. The van der Waals surface area contributed by atoms with Gasteiger partial charge in [-0.05, 0) is 44.2 Å². The lowest BCUT2D eigenvalue weighted by Crippen LogP contribution is -2.40. The summed E-state index contributed by atoms with van der Waals surface area (Å²) < 4.78 is 0. The predicted molar refractivity (Wildman–Crippen MR) is 99.9 cm³/mol. The molecule has 2 fully saturated rings. The lowest BCUT2D eigenvalue weighted by molar-refractivity contribution is -0.131. The molecule has 142 valence electrons. The van der Waals surface area contributed by atoms with Crippen LogP contribution in [-0.2, 0) is 4.79 Å². The van der Waals surface area contributed by atoms with E-state index in [0.29, 0.717) is 49.2 Å². The fraction of sp³-hybridized carbons (Fsp3) is 0.500. The van der Waals surface area contributed by atoms with Gasteiger partial charge in [0.2, 0.25) is 5.91 Å². The summed E-state index contributed by atoms with van der Waals surface area (Å²) in [5.74, 6) is 1.97. The van der Waals surface area contributed by atoms with Crippen LogP contribution in [0.5, 0.6) is 0 Å². The second kappa shape index (κ2) is 7.50. The summed E-state index contributed by atoms with van der Waals surface area (Å²) in [5, 5.41) is 7.18. The molecule has 2 amide bonds. The number of nitrogens with one attached hydrogen (secondary N) is 1. The van der Waals surface area contributed by atoms with Crippen molar-refractivity contribution < 1.29 is 9.59 Å². The Bertz CT molecular complexity index is 815. The van der Waals surface area contributed by atoms with Crippen LogP contribution in [0.1, 0.15) is 53.7 Å². The van der Waals surface area contributed by atoms with Gasteiger partial charge < -0.3 is 9.80 Å². The second-order valence-corrected chi connectivity index (χ2v) is 7.50. The van der Waals surface area contributed by atoms with Crippen molar-refractivity contribution in [3.63, 3.8) is 0 Å². The van der Waals surface area contributed by atoms with E-state index < -0.39 is 0 Å². The number of H-pyrrole nitrogens is 1. The topological polar surface area (TPSA) is 82.2 Å². The van der Waals surface area contributed by atoms with Gasteiger partial charge in [-0.3, -0.25) is 14.7 Å². The van der Waals surface area contributed by atoms with E-state index in [9.17, 15) is 9.59 Å². The summed E-state index contributed by atoms with van der Waals surface area (Å²) in [6, 6.07) is 8.93. The first-order chi connectivity index (χ1) is 13.1. The minimum Gasteiger partial charge on any atom is -0.340 e. The Hall–Kier alpha value is -2.70. The largest absolute Gasteiger partial charge is 0.340 e. The molecule has 1 saturated heterocycles. The number of hydrogen-bond acceptors (Lipinski definition) is 4. The molecular weight excluding hydrogens is 342 g/mol. The minimum absolute atomic E-state index is 0.0421. The Labute approximate surface area is 158 Å². The van der Waals surface area contributed by atoms with Crippen LogP contribution < -0.4 is 0 Å². The van der Waals surface area contributed by atoms with Gasteiger partial charge in [0, 0.05) is 31.6 Å². The van der Waals surface area contributed by atoms with Crippen LogP contribution >= 0.6 is 0 Å². The average molecular weight is 367 g/mol. The zero-order valence-electron chi connectivity index (χ0n) is 15.6. The number of carbonyl (C=O) groups is 2. The standard InChI is InChI=1S/C20H25N5O2/c1-14-21-19(23-22-14)17-13-24(18(26)12-15-8-9-15)10-5-11-25(17)20(27)16-6-3-2-4-7-16/h2-4,6-7,15,17H,5,8-13H2,1H3,(H,21,22,23). The Morgan fingerprint density at radius 1 is 1.19 bits per heavy atom. The maximum Gasteiger partial charge on any atom is 0.254 e. The van der Waals surface area contributed by atoms with Crippen LogP contribution in [0.15, 0.2) is 30.3 Å².